The second-order valence-electron chi connectivity index (χ2n) is 10.0. The molecule has 1 aliphatic heterocycles. The number of nitriles is 1. The van der Waals surface area contributed by atoms with Crippen molar-refractivity contribution in [2.24, 2.45) is 0 Å². The van der Waals surface area contributed by atoms with E-state index in [9.17, 15) is 19.6 Å². The molecule has 3 aromatic rings. The highest BCUT2D eigenvalue weighted by atomic mass is 32.2. The highest BCUT2D eigenvalue weighted by Crippen LogP contribution is 2.37. The van der Waals surface area contributed by atoms with Crippen molar-refractivity contribution < 1.29 is 14.4 Å². The number of piperazine rings is 1. The lowest BCUT2D eigenvalue weighted by atomic mass is 10.0. The fourth-order valence-electron chi connectivity index (χ4n) is 4.62. The van der Waals surface area contributed by atoms with Crippen LogP contribution in [0.25, 0.3) is 0 Å². The van der Waals surface area contributed by atoms with Crippen LogP contribution in [0.15, 0.2) is 64.4 Å². The minimum Gasteiger partial charge on any atom is -0.334 e. The van der Waals surface area contributed by atoms with Crippen LogP contribution in [0.4, 0.5) is 5.13 Å². The van der Waals surface area contributed by atoms with Gasteiger partial charge in [-0.15, -0.1) is 0 Å². The molecular weight excluding hydrogens is 557 g/mol. The maximum atomic E-state index is 13.5. The Hall–Kier alpha value is -3.98. The SMILES string of the molecule is C=CC(=O)N1CCN(C(=O)c2cc(Sc3cnc(NC(=O)c4cccc(CN(C)C)c4)s3)c(C)cc2C)CC1C#N. The number of nitrogens with one attached hydrogen (secondary N) is 1. The second kappa shape index (κ2) is 13.1. The predicted octanol–water partition coefficient (Wildman–Crippen LogP) is 4.59. The topological polar surface area (TPSA) is 110 Å². The molecule has 0 saturated carbocycles. The Kier molecular flexibility index (Phi) is 9.60. The number of carbonyl (C=O) groups excluding carboxylic acids is 3. The van der Waals surface area contributed by atoms with Crippen molar-refractivity contribution in [3.8, 4) is 6.07 Å². The molecule has 4 rings (SSSR count). The van der Waals surface area contributed by atoms with Gasteiger partial charge >= 0.3 is 0 Å². The smallest absolute Gasteiger partial charge is 0.257 e. The number of thiazole rings is 1. The lowest BCUT2D eigenvalue weighted by molar-refractivity contribution is -0.129. The molecule has 212 valence electrons. The number of nitrogens with zero attached hydrogens (tertiary/aromatic N) is 5. The first-order valence-corrected chi connectivity index (χ1v) is 14.6. The van der Waals surface area contributed by atoms with Crippen LogP contribution in [0.3, 0.4) is 0 Å². The van der Waals surface area contributed by atoms with Crippen molar-refractivity contribution in [3.05, 3.63) is 83.1 Å². The first-order valence-electron chi connectivity index (χ1n) is 13.0. The summed E-state index contributed by atoms with van der Waals surface area (Å²) in [6.07, 6.45) is 2.90. The summed E-state index contributed by atoms with van der Waals surface area (Å²) >= 11 is 2.84. The van der Waals surface area contributed by atoms with Gasteiger partial charge < -0.3 is 14.7 Å². The molecule has 1 saturated heterocycles. The Labute approximate surface area is 248 Å². The van der Waals surface area contributed by atoms with E-state index in [0.29, 0.717) is 22.8 Å². The molecule has 0 bridgehead atoms. The van der Waals surface area contributed by atoms with E-state index < -0.39 is 6.04 Å². The largest absolute Gasteiger partial charge is 0.334 e. The molecule has 0 spiro atoms. The van der Waals surface area contributed by atoms with Crippen LogP contribution in [0.2, 0.25) is 0 Å². The normalized spacial score (nSPS) is 15.0. The van der Waals surface area contributed by atoms with E-state index in [2.05, 4.69) is 22.9 Å². The summed E-state index contributed by atoms with van der Waals surface area (Å²) in [4.78, 5) is 48.9. The van der Waals surface area contributed by atoms with Crippen molar-refractivity contribution in [2.45, 2.75) is 35.5 Å². The van der Waals surface area contributed by atoms with Crippen LogP contribution in [0, 0.1) is 25.2 Å². The van der Waals surface area contributed by atoms with Crippen molar-refractivity contribution in [1.29, 1.82) is 5.26 Å². The number of hydrogen-bond acceptors (Lipinski definition) is 8. The highest BCUT2D eigenvalue weighted by molar-refractivity contribution is 8.01. The van der Waals surface area contributed by atoms with Gasteiger partial charge in [-0.2, -0.15) is 5.26 Å². The van der Waals surface area contributed by atoms with Gasteiger partial charge in [0.1, 0.15) is 6.04 Å². The zero-order valence-corrected chi connectivity index (χ0v) is 25.1. The highest BCUT2D eigenvalue weighted by Gasteiger charge is 2.32. The fourth-order valence-corrected chi connectivity index (χ4v) is 6.56. The summed E-state index contributed by atoms with van der Waals surface area (Å²) in [5.41, 5.74) is 4.02. The summed E-state index contributed by atoms with van der Waals surface area (Å²) < 4.78 is 0.869. The third kappa shape index (κ3) is 7.21. The summed E-state index contributed by atoms with van der Waals surface area (Å²) in [5.74, 6) is -0.711. The lowest BCUT2D eigenvalue weighted by Crippen LogP contribution is -2.55. The Morgan fingerprint density at radius 1 is 1.22 bits per heavy atom. The average Bonchev–Trinajstić information content (AvgIpc) is 3.39. The number of hydrogen-bond donors (Lipinski definition) is 1. The van der Waals surface area contributed by atoms with Gasteiger partial charge in [0.05, 0.1) is 23.0 Å². The predicted molar refractivity (Wildman–Crippen MR) is 161 cm³/mol. The lowest BCUT2D eigenvalue weighted by Gasteiger charge is -2.38. The minimum atomic E-state index is -0.723. The molecule has 2 aromatic carbocycles. The number of rotatable bonds is 8. The Morgan fingerprint density at radius 3 is 2.71 bits per heavy atom. The first kappa shape index (κ1) is 30.0. The van der Waals surface area contributed by atoms with Crippen molar-refractivity contribution in [1.82, 2.24) is 19.7 Å². The summed E-state index contributed by atoms with van der Waals surface area (Å²) in [7, 11) is 3.96. The fraction of sp³-hybridized carbons (Fsp3) is 0.300. The Morgan fingerprint density at radius 2 is 2.00 bits per heavy atom. The average molecular weight is 589 g/mol. The third-order valence-corrected chi connectivity index (χ3v) is 8.80. The molecule has 1 atom stereocenters. The van der Waals surface area contributed by atoms with Gasteiger partial charge in [-0.3, -0.25) is 19.7 Å². The minimum absolute atomic E-state index is 0.140. The van der Waals surface area contributed by atoms with E-state index in [-0.39, 0.29) is 30.8 Å². The molecule has 2 heterocycles. The molecule has 1 N–H and O–H groups in total. The molecule has 3 amide bonds. The molecule has 1 unspecified atom stereocenters. The van der Waals surface area contributed by atoms with E-state index in [1.807, 2.05) is 63.2 Å². The standard InChI is InChI=1S/C30H32N6O3S2/c1-6-26(37)36-11-10-35(18-23(36)15-31)29(39)24-14-25(20(3)12-19(24)2)40-27-16-32-30(41-27)33-28(38)22-9-7-8-21(13-22)17-34(4)5/h6-9,12-14,16,23H,1,10-11,17-18H2,2-5H3,(H,32,33,38). The Balaban J connectivity index is 1.46. The molecule has 0 aliphatic carbocycles. The first-order chi connectivity index (χ1) is 19.6. The molecule has 1 aromatic heterocycles. The zero-order chi connectivity index (χ0) is 29.7. The van der Waals surface area contributed by atoms with Crippen molar-refractivity contribution in [2.75, 3.05) is 39.0 Å². The molecule has 1 aliphatic rings. The van der Waals surface area contributed by atoms with Gasteiger partial charge in [0, 0.05) is 35.7 Å². The van der Waals surface area contributed by atoms with Crippen LogP contribution in [-0.4, -0.2) is 77.2 Å². The van der Waals surface area contributed by atoms with Crippen LogP contribution in [0.1, 0.15) is 37.4 Å². The summed E-state index contributed by atoms with van der Waals surface area (Å²) in [5, 5.41) is 13.0. The van der Waals surface area contributed by atoms with Crippen LogP contribution < -0.4 is 5.32 Å². The number of amides is 3. The number of aromatic nitrogens is 1. The molecule has 9 nitrogen and oxygen atoms in total. The third-order valence-electron chi connectivity index (χ3n) is 6.63. The summed E-state index contributed by atoms with van der Waals surface area (Å²) in [6.45, 7) is 8.87. The maximum Gasteiger partial charge on any atom is 0.257 e. The molecule has 0 radical (unpaired) electrons. The maximum absolute atomic E-state index is 13.5. The quantitative estimate of drug-likeness (QED) is 0.384. The van der Waals surface area contributed by atoms with Gasteiger partial charge in [-0.05, 0) is 68.9 Å². The molecule has 41 heavy (non-hydrogen) atoms. The number of aryl methyl sites for hydroxylation is 2. The molecular formula is C30H32N6O3S2. The Bertz CT molecular complexity index is 1530. The van der Waals surface area contributed by atoms with E-state index >= 15 is 0 Å². The van der Waals surface area contributed by atoms with Crippen LogP contribution in [-0.2, 0) is 11.3 Å². The van der Waals surface area contributed by atoms with E-state index in [0.717, 1.165) is 32.3 Å². The zero-order valence-electron chi connectivity index (χ0n) is 23.5. The van der Waals surface area contributed by atoms with Gasteiger partial charge in [0.2, 0.25) is 5.91 Å². The van der Waals surface area contributed by atoms with E-state index in [1.165, 1.54) is 34.1 Å². The van der Waals surface area contributed by atoms with Gasteiger partial charge in [0.25, 0.3) is 11.8 Å². The van der Waals surface area contributed by atoms with Crippen molar-refractivity contribution >= 4 is 46.0 Å². The molecule has 1 fully saturated rings. The monoisotopic (exact) mass is 588 g/mol. The second-order valence-corrected chi connectivity index (χ2v) is 12.4. The summed E-state index contributed by atoms with van der Waals surface area (Å²) in [6, 6.07) is 12.8. The number of carbonyl (C=O) groups is 3. The van der Waals surface area contributed by atoms with Gasteiger partial charge in [-0.1, -0.05) is 47.9 Å². The van der Waals surface area contributed by atoms with Gasteiger partial charge in [-0.25, -0.2) is 4.98 Å². The van der Waals surface area contributed by atoms with Gasteiger partial charge in [0.15, 0.2) is 5.13 Å². The number of benzene rings is 2. The van der Waals surface area contributed by atoms with E-state index in [1.54, 1.807) is 17.2 Å². The van der Waals surface area contributed by atoms with Crippen LogP contribution in [0.5, 0.6) is 0 Å². The number of anilines is 1. The molecule has 11 heteroatoms. The van der Waals surface area contributed by atoms with Crippen LogP contribution >= 0.6 is 23.1 Å². The van der Waals surface area contributed by atoms with E-state index in [4.69, 9.17) is 0 Å². The van der Waals surface area contributed by atoms with Crippen molar-refractivity contribution in [3.63, 3.8) is 0 Å².